The van der Waals surface area contributed by atoms with Gasteiger partial charge in [0.05, 0.1) is 12.5 Å². The van der Waals surface area contributed by atoms with Crippen LogP contribution in [0.5, 0.6) is 5.75 Å². The third-order valence-electron chi connectivity index (χ3n) is 4.48. The van der Waals surface area contributed by atoms with Crippen LogP contribution in [0.15, 0.2) is 24.3 Å². The lowest BCUT2D eigenvalue weighted by molar-refractivity contribution is -0.138. The maximum atomic E-state index is 11.1. The van der Waals surface area contributed by atoms with Crippen LogP contribution in [0.4, 0.5) is 0 Å². The van der Waals surface area contributed by atoms with Gasteiger partial charge in [0.25, 0.3) is 0 Å². The van der Waals surface area contributed by atoms with E-state index in [2.05, 4.69) is 5.32 Å². The second-order valence-corrected chi connectivity index (χ2v) is 6.14. The topological polar surface area (TPSA) is 58.6 Å². The zero-order chi connectivity index (χ0) is 15.8. The summed E-state index contributed by atoms with van der Waals surface area (Å²) in [6.45, 7) is 4.67. The van der Waals surface area contributed by atoms with E-state index in [4.69, 9.17) is 9.84 Å². The molecule has 1 aliphatic heterocycles. The van der Waals surface area contributed by atoms with Gasteiger partial charge in [-0.15, -0.1) is 0 Å². The van der Waals surface area contributed by atoms with Gasteiger partial charge in [-0.2, -0.15) is 0 Å². The van der Waals surface area contributed by atoms with Gasteiger partial charge in [0.2, 0.25) is 0 Å². The molecule has 1 heterocycles. The molecule has 2 rings (SSSR count). The van der Waals surface area contributed by atoms with Gasteiger partial charge in [-0.05, 0) is 57.7 Å². The molecule has 22 heavy (non-hydrogen) atoms. The molecule has 0 saturated carbocycles. The van der Waals surface area contributed by atoms with Crippen molar-refractivity contribution in [3.8, 4) is 5.75 Å². The van der Waals surface area contributed by atoms with Gasteiger partial charge in [0.15, 0.2) is 0 Å². The summed E-state index contributed by atoms with van der Waals surface area (Å²) in [6.07, 6.45) is 6.07. The van der Waals surface area contributed by atoms with Crippen LogP contribution < -0.4 is 10.1 Å². The van der Waals surface area contributed by atoms with Crippen LogP contribution in [-0.2, 0) is 4.79 Å². The molecule has 0 amide bonds. The third-order valence-corrected chi connectivity index (χ3v) is 4.48. The fourth-order valence-corrected chi connectivity index (χ4v) is 2.99. The maximum absolute atomic E-state index is 11.1. The fourth-order valence-electron chi connectivity index (χ4n) is 2.99. The summed E-state index contributed by atoms with van der Waals surface area (Å²) in [7, 11) is 0. The fraction of sp³-hybridized carbons (Fsp3) is 0.611. The van der Waals surface area contributed by atoms with Gasteiger partial charge in [-0.25, -0.2) is 0 Å². The number of carbonyl (C=O) groups is 1. The summed E-state index contributed by atoms with van der Waals surface area (Å²) in [5.41, 5.74) is 0.758. The molecule has 2 N–H and O–H groups in total. The van der Waals surface area contributed by atoms with Crippen LogP contribution >= 0.6 is 0 Å². The Balaban J connectivity index is 1.73. The molecule has 1 saturated heterocycles. The van der Waals surface area contributed by atoms with E-state index >= 15 is 0 Å². The number of piperidine rings is 1. The Hall–Kier alpha value is -1.55. The van der Waals surface area contributed by atoms with Gasteiger partial charge in [0.1, 0.15) is 5.75 Å². The van der Waals surface area contributed by atoms with E-state index in [1.807, 2.05) is 24.3 Å². The van der Waals surface area contributed by atoms with E-state index in [0.29, 0.717) is 12.4 Å². The summed E-state index contributed by atoms with van der Waals surface area (Å²) in [6, 6.07) is 7.45. The van der Waals surface area contributed by atoms with Crippen LogP contribution in [0, 0.1) is 5.92 Å². The average Bonchev–Trinajstić information content (AvgIpc) is 2.55. The van der Waals surface area contributed by atoms with Crippen molar-refractivity contribution in [2.75, 3.05) is 19.7 Å². The molecule has 4 heteroatoms. The number of para-hydroxylation sites is 1. The highest BCUT2D eigenvalue weighted by molar-refractivity contribution is 5.76. The second-order valence-electron chi connectivity index (χ2n) is 6.14. The highest BCUT2D eigenvalue weighted by atomic mass is 16.5. The monoisotopic (exact) mass is 305 g/mol. The predicted molar refractivity (Wildman–Crippen MR) is 87.4 cm³/mol. The Bertz CT molecular complexity index is 469. The van der Waals surface area contributed by atoms with Crippen molar-refractivity contribution in [3.63, 3.8) is 0 Å². The quantitative estimate of drug-likeness (QED) is 0.723. The first-order valence-electron chi connectivity index (χ1n) is 8.33. The summed E-state index contributed by atoms with van der Waals surface area (Å²) < 4.78 is 5.82. The SMILES string of the molecule is CC(C(=O)O)c1ccccc1OCCCCC1CCNCC1. The van der Waals surface area contributed by atoms with Crippen molar-refractivity contribution in [2.45, 2.75) is 44.9 Å². The summed E-state index contributed by atoms with van der Waals surface area (Å²) in [5, 5.41) is 12.5. The smallest absolute Gasteiger partial charge is 0.310 e. The normalized spacial score (nSPS) is 17.1. The molecular formula is C18H27NO3. The van der Waals surface area contributed by atoms with Crippen LogP contribution in [0.2, 0.25) is 0 Å². The largest absolute Gasteiger partial charge is 0.493 e. The minimum Gasteiger partial charge on any atom is -0.493 e. The first-order chi connectivity index (χ1) is 10.7. The molecule has 0 radical (unpaired) electrons. The van der Waals surface area contributed by atoms with E-state index in [1.54, 1.807) is 6.92 Å². The standard InChI is InChI=1S/C18H27NO3/c1-14(18(20)21)16-7-2-3-8-17(16)22-13-5-4-6-15-9-11-19-12-10-15/h2-3,7-8,14-15,19H,4-6,9-13H2,1H3,(H,20,21). The van der Waals surface area contributed by atoms with Gasteiger partial charge in [-0.3, -0.25) is 4.79 Å². The number of carboxylic acids is 1. The molecule has 0 bridgehead atoms. The van der Waals surface area contributed by atoms with E-state index < -0.39 is 11.9 Å². The maximum Gasteiger partial charge on any atom is 0.310 e. The van der Waals surface area contributed by atoms with Crippen LogP contribution in [0.1, 0.15) is 50.5 Å². The molecule has 0 aromatic heterocycles. The van der Waals surface area contributed by atoms with E-state index in [9.17, 15) is 4.79 Å². The molecule has 122 valence electrons. The van der Waals surface area contributed by atoms with Crippen molar-refractivity contribution in [2.24, 2.45) is 5.92 Å². The first kappa shape index (κ1) is 16.8. The van der Waals surface area contributed by atoms with Gasteiger partial charge >= 0.3 is 5.97 Å². The minimum absolute atomic E-state index is 0.536. The summed E-state index contributed by atoms with van der Waals surface area (Å²) in [5.74, 6) is 0.215. The van der Waals surface area contributed by atoms with E-state index in [-0.39, 0.29) is 0 Å². The van der Waals surface area contributed by atoms with Gasteiger partial charge < -0.3 is 15.2 Å². The molecule has 1 aromatic carbocycles. The number of rotatable bonds is 8. The van der Waals surface area contributed by atoms with Gasteiger partial charge in [0, 0.05) is 5.56 Å². The van der Waals surface area contributed by atoms with Crippen molar-refractivity contribution in [3.05, 3.63) is 29.8 Å². The molecule has 1 aromatic rings. The zero-order valence-electron chi connectivity index (χ0n) is 13.4. The second kappa shape index (κ2) is 8.79. The van der Waals surface area contributed by atoms with Crippen LogP contribution in [-0.4, -0.2) is 30.8 Å². The lowest BCUT2D eigenvalue weighted by atomic mass is 9.93. The summed E-state index contributed by atoms with van der Waals surface area (Å²) >= 11 is 0. The number of hydrogen-bond donors (Lipinski definition) is 2. The Labute approximate surface area is 132 Å². The summed E-state index contributed by atoms with van der Waals surface area (Å²) in [4.78, 5) is 11.1. The van der Waals surface area contributed by atoms with E-state index in [1.165, 1.54) is 25.7 Å². The third kappa shape index (κ3) is 5.02. The molecule has 1 atom stereocenters. The predicted octanol–water partition coefficient (Wildman–Crippen LogP) is 3.42. The van der Waals surface area contributed by atoms with Crippen molar-refractivity contribution in [1.29, 1.82) is 0 Å². The lowest BCUT2D eigenvalue weighted by Gasteiger charge is -2.22. The number of unbranched alkanes of at least 4 members (excludes halogenated alkanes) is 1. The van der Waals surface area contributed by atoms with Crippen molar-refractivity contribution < 1.29 is 14.6 Å². The Morgan fingerprint density at radius 3 is 2.77 bits per heavy atom. The van der Waals surface area contributed by atoms with Crippen LogP contribution in [0.3, 0.4) is 0 Å². The molecular weight excluding hydrogens is 278 g/mol. The first-order valence-corrected chi connectivity index (χ1v) is 8.33. The molecule has 1 aliphatic rings. The molecule has 0 spiro atoms. The molecule has 0 aliphatic carbocycles. The number of hydrogen-bond acceptors (Lipinski definition) is 3. The highest BCUT2D eigenvalue weighted by Crippen LogP contribution is 2.27. The Kier molecular flexibility index (Phi) is 6.72. The highest BCUT2D eigenvalue weighted by Gasteiger charge is 2.18. The molecule has 1 fully saturated rings. The number of benzene rings is 1. The van der Waals surface area contributed by atoms with Crippen LogP contribution in [0.25, 0.3) is 0 Å². The van der Waals surface area contributed by atoms with Crippen molar-refractivity contribution in [1.82, 2.24) is 5.32 Å². The average molecular weight is 305 g/mol. The van der Waals surface area contributed by atoms with E-state index in [0.717, 1.165) is 31.0 Å². The number of nitrogens with one attached hydrogen (secondary N) is 1. The number of aliphatic carboxylic acids is 1. The molecule has 4 nitrogen and oxygen atoms in total. The molecule has 1 unspecified atom stereocenters. The Morgan fingerprint density at radius 1 is 1.32 bits per heavy atom. The zero-order valence-corrected chi connectivity index (χ0v) is 13.4. The Morgan fingerprint density at radius 2 is 2.05 bits per heavy atom. The number of carboxylic acid groups (broad SMARTS) is 1. The van der Waals surface area contributed by atoms with Crippen molar-refractivity contribution >= 4 is 5.97 Å². The van der Waals surface area contributed by atoms with Gasteiger partial charge in [-0.1, -0.05) is 24.6 Å². The number of ether oxygens (including phenoxy) is 1. The minimum atomic E-state index is -0.818. The lowest BCUT2D eigenvalue weighted by Crippen LogP contribution is -2.27.